The Bertz CT molecular complexity index is 806. The van der Waals surface area contributed by atoms with Crippen LogP contribution < -0.4 is 5.32 Å². The fourth-order valence-electron chi connectivity index (χ4n) is 3.19. The molecule has 1 aliphatic rings. The number of hydrogen-bond donors (Lipinski definition) is 2. The molecule has 0 unspecified atom stereocenters. The van der Waals surface area contributed by atoms with Crippen molar-refractivity contribution >= 4 is 15.9 Å². The molecule has 8 heteroatoms. The summed E-state index contributed by atoms with van der Waals surface area (Å²) < 4.78 is 26.5. The minimum Gasteiger partial charge on any atom is -0.356 e. The highest BCUT2D eigenvalue weighted by Crippen LogP contribution is 2.22. The summed E-state index contributed by atoms with van der Waals surface area (Å²) in [6.45, 7) is 1.24. The largest absolute Gasteiger partial charge is 0.356 e. The first kappa shape index (κ1) is 18.6. The maximum Gasteiger partial charge on any atom is 0.260 e. The summed E-state index contributed by atoms with van der Waals surface area (Å²) in [5.74, 6) is -0.374. The Balaban J connectivity index is 1.49. The number of imidazole rings is 1. The van der Waals surface area contributed by atoms with Crippen LogP contribution >= 0.6 is 0 Å². The van der Waals surface area contributed by atoms with E-state index >= 15 is 0 Å². The number of aromatic amines is 1. The Labute approximate surface area is 153 Å². The minimum absolute atomic E-state index is 0.0671. The molecule has 1 fully saturated rings. The highest BCUT2D eigenvalue weighted by molar-refractivity contribution is 7.89. The lowest BCUT2D eigenvalue weighted by atomic mass is 9.99. The number of H-pyrrole nitrogens is 1. The Kier molecular flexibility index (Phi) is 6.05. The number of sulfonamides is 1. The summed E-state index contributed by atoms with van der Waals surface area (Å²) in [5.41, 5.74) is 1.25. The van der Waals surface area contributed by atoms with Crippen molar-refractivity contribution < 1.29 is 13.2 Å². The second kappa shape index (κ2) is 8.46. The first-order valence-electron chi connectivity index (χ1n) is 8.87. The molecular formula is C18H24N4O3S. The summed E-state index contributed by atoms with van der Waals surface area (Å²) in [4.78, 5) is 18.8. The molecule has 1 aromatic heterocycles. The van der Waals surface area contributed by atoms with Crippen molar-refractivity contribution in [3.05, 3.63) is 48.4 Å². The van der Waals surface area contributed by atoms with Crippen LogP contribution in [0.15, 0.2) is 47.9 Å². The minimum atomic E-state index is -3.61. The predicted octanol–water partition coefficient (Wildman–Crippen LogP) is 1.56. The Hall–Kier alpha value is -2.19. The van der Waals surface area contributed by atoms with Gasteiger partial charge < -0.3 is 10.3 Å². The molecule has 1 aromatic carbocycles. The molecule has 0 saturated carbocycles. The Morgan fingerprint density at radius 3 is 2.85 bits per heavy atom. The van der Waals surface area contributed by atoms with Gasteiger partial charge in [-0.15, -0.1) is 0 Å². The number of benzene rings is 1. The molecule has 26 heavy (non-hydrogen) atoms. The van der Waals surface area contributed by atoms with Gasteiger partial charge in [-0.05, 0) is 31.2 Å². The molecule has 7 nitrogen and oxygen atoms in total. The summed E-state index contributed by atoms with van der Waals surface area (Å²) in [6.07, 6.45) is 5.79. The molecule has 0 spiro atoms. The van der Waals surface area contributed by atoms with Gasteiger partial charge in [0, 0.05) is 19.6 Å². The zero-order valence-corrected chi connectivity index (χ0v) is 15.4. The lowest BCUT2D eigenvalue weighted by Crippen LogP contribution is -2.45. The molecule has 0 aliphatic carbocycles. The Morgan fingerprint density at radius 2 is 2.12 bits per heavy atom. The van der Waals surface area contributed by atoms with Crippen LogP contribution in [0.3, 0.4) is 0 Å². The van der Waals surface area contributed by atoms with Gasteiger partial charge in [0.05, 0.1) is 18.4 Å². The second-order valence-electron chi connectivity index (χ2n) is 6.50. The van der Waals surface area contributed by atoms with Crippen molar-refractivity contribution in [3.8, 4) is 0 Å². The number of nitrogens with one attached hydrogen (secondary N) is 2. The third-order valence-corrected chi connectivity index (χ3v) is 6.42. The third kappa shape index (κ3) is 4.50. The number of amides is 1. The van der Waals surface area contributed by atoms with E-state index in [2.05, 4.69) is 27.4 Å². The van der Waals surface area contributed by atoms with Gasteiger partial charge in [-0.3, -0.25) is 4.79 Å². The van der Waals surface area contributed by atoms with Gasteiger partial charge in [-0.2, -0.15) is 4.31 Å². The van der Waals surface area contributed by atoms with Crippen molar-refractivity contribution in [1.29, 1.82) is 0 Å². The SMILES string of the molecule is O=C(NCCCc1ccccc1)[C@@H]1CCCN(S(=O)(=O)c2cnc[nH]2)C1. The number of piperidine rings is 1. The van der Waals surface area contributed by atoms with Crippen LogP contribution in [0.4, 0.5) is 0 Å². The highest BCUT2D eigenvalue weighted by Gasteiger charge is 2.33. The summed E-state index contributed by atoms with van der Waals surface area (Å²) in [6, 6.07) is 10.1. The highest BCUT2D eigenvalue weighted by atomic mass is 32.2. The normalized spacial score (nSPS) is 18.5. The van der Waals surface area contributed by atoms with E-state index in [-0.39, 0.29) is 23.4 Å². The van der Waals surface area contributed by atoms with E-state index in [0.717, 1.165) is 12.8 Å². The van der Waals surface area contributed by atoms with Crippen LogP contribution in [0.5, 0.6) is 0 Å². The molecule has 2 aromatic rings. The number of nitrogens with zero attached hydrogens (tertiary/aromatic N) is 2. The van der Waals surface area contributed by atoms with Crippen molar-refractivity contribution in [3.63, 3.8) is 0 Å². The zero-order chi connectivity index (χ0) is 18.4. The number of carbonyl (C=O) groups is 1. The summed E-state index contributed by atoms with van der Waals surface area (Å²) >= 11 is 0. The molecule has 1 saturated heterocycles. The Morgan fingerprint density at radius 1 is 1.31 bits per heavy atom. The van der Waals surface area contributed by atoms with Crippen molar-refractivity contribution in [2.75, 3.05) is 19.6 Å². The average Bonchev–Trinajstić information content (AvgIpc) is 3.22. The van der Waals surface area contributed by atoms with Gasteiger partial charge in [0.1, 0.15) is 0 Å². The average molecular weight is 376 g/mol. The van der Waals surface area contributed by atoms with Crippen LogP contribution in [0.25, 0.3) is 0 Å². The van der Waals surface area contributed by atoms with Gasteiger partial charge in [-0.25, -0.2) is 13.4 Å². The van der Waals surface area contributed by atoms with Crippen LogP contribution in [-0.2, 0) is 21.2 Å². The summed E-state index contributed by atoms with van der Waals surface area (Å²) in [5, 5.41) is 3.02. The molecule has 0 radical (unpaired) electrons. The van der Waals surface area contributed by atoms with Crippen molar-refractivity contribution in [2.45, 2.75) is 30.7 Å². The molecule has 0 bridgehead atoms. The van der Waals surface area contributed by atoms with E-state index in [0.29, 0.717) is 25.9 Å². The lowest BCUT2D eigenvalue weighted by Gasteiger charge is -2.30. The first-order valence-corrected chi connectivity index (χ1v) is 10.3. The van der Waals surface area contributed by atoms with E-state index < -0.39 is 10.0 Å². The number of aromatic nitrogens is 2. The quantitative estimate of drug-likeness (QED) is 0.717. The first-order chi connectivity index (χ1) is 12.6. The maximum absolute atomic E-state index is 12.6. The summed E-state index contributed by atoms with van der Waals surface area (Å²) in [7, 11) is -3.61. The van der Waals surface area contributed by atoms with E-state index in [1.165, 1.54) is 22.4 Å². The molecule has 1 aliphatic heterocycles. The van der Waals surface area contributed by atoms with Crippen LogP contribution in [0, 0.1) is 5.92 Å². The third-order valence-electron chi connectivity index (χ3n) is 4.63. The van der Waals surface area contributed by atoms with Gasteiger partial charge in [0.2, 0.25) is 5.91 Å². The molecule has 1 amide bonds. The molecule has 2 N–H and O–H groups in total. The topological polar surface area (TPSA) is 95.2 Å². The predicted molar refractivity (Wildman–Crippen MR) is 97.8 cm³/mol. The van der Waals surface area contributed by atoms with E-state index in [1.807, 2.05) is 18.2 Å². The molecule has 1 atom stereocenters. The van der Waals surface area contributed by atoms with Crippen LogP contribution in [0.2, 0.25) is 0 Å². The standard InChI is InChI=1S/C18H24N4O3S/c23-18(20-10-4-8-15-6-2-1-3-7-15)16-9-5-11-22(13-16)26(24,25)17-12-19-14-21-17/h1-3,6-7,12,14,16H,4-5,8-11,13H2,(H,19,21)(H,20,23)/t16-/m1/s1. The second-order valence-corrected chi connectivity index (χ2v) is 8.40. The molecule has 2 heterocycles. The number of carbonyl (C=O) groups excluding carboxylic acids is 1. The number of rotatable bonds is 7. The van der Waals surface area contributed by atoms with Gasteiger partial charge in [0.25, 0.3) is 10.0 Å². The van der Waals surface area contributed by atoms with Gasteiger partial charge >= 0.3 is 0 Å². The van der Waals surface area contributed by atoms with Crippen LogP contribution in [-0.4, -0.2) is 48.2 Å². The van der Waals surface area contributed by atoms with E-state index in [9.17, 15) is 13.2 Å². The monoisotopic (exact) mass is 376 g/mol. The van der Waals surface area contributed by atoms with Gasteiger partial charge in [0.15, 0.2) is 5.03 Å². The molecule has 3 rings (SSSR count). The van der Waals surface area contributed by atoms with Crippen molar-refractivity contribution in [2.24, 2.45) is 5.92 Å². The molecule has 140 valence electrons. The van der Waals surface area contributed by atoms with Crippen LogP contribution in [0.1, 0.15) is 24.8 Å². The lowest BCUT2D eigenvalue weighted by molar-refractivity contribution is -0.126. The van der Waals surface area contributed by atoms with Crippen molar-refractivity contribution in [1.82, 2.24) is 19.6 Å². The van der Waals surface area contributed by atoms with E-state index in [4.69, 9.17) is 0 Å². The van der Waals surface area contributed by atoms with Gasteiger partial charge in [-0.1, -0.05) is 30.3 Å². The zero-order valence-electron chi connectivity index (χ0n) is 14.6. The fourth-order valence-corrected chi connectivity index (χ4v) is 4.61. The maximum atomic E-state index is 12.6. The fraction of sp³-hybridized carbons (Fsp3) is 0.444. The number of aryl methyl sites for hydroxylation is 1. The molecular weight excluding hydrogens is 352 g/mol. The van der Waals surface area contributed by atoms with E-state index in [1.54, 1.807) is 0 Å². The number of hydrogen-bond acceptors (Lipinski definition) is 4. The smallest absolute Gasteiger partial charge is 0.260 e.